The fourth-order valence-corrected chi connectivity index (χ4v) is 4.69. The Morgan fingerprint density at radius 2 is 1.84 bits per heavy atom. The van der Waals surface area contributed by atoms with Crippen molar-refractivity contribution >= 4 is 27.0 Å². The van der Waals surface area contributed by atoms with Crippen LogP contribution < -0.4 is 4.72 Å². The van der Waals surface area contributed by atoms with Crippen molar-refractivity contribution in [3.63, 3.8) is 0 Å². The number of piperidine rings is 1. The quantitative estimate of drug-likeness (QED) is 0.618. The minimum Gasteiger partial charge on any atom is -0.440 e. The van der Waals surface area contributed by atoms with E-state index < -0.39 is 27.6 Å². The number of para-hydroxylation sites is 2. The normalized spacial score (nSPS) is 15.9. The topological polar surface area (TPSA) is 92.5 Å². The maximum atomic E-state index is 12.9. The number of likely N-dealkylation sites (tertiary alicyclic amines) is 1. The van der Waals surface area contributed by atoms with Crippen LogP contribution in [0.25, 0.3) is 11.1 Å². The molecule has 1 aliphatic heterocycles. The van der Waals surface area contributed by atoms with Crippen molar-refractivity contribution < 1.29 is 30.8 Å². The summed E-state index contributed by atoms with van der Waals surface area (Å²) in [5.74, 6) is 0.306. The standard InChI is InChI=1S/C21H20F3N3O4S/c22-21(23,24)13-25-32(29,30)16-5-3-4-15(12-16)20(28)27-10-8-14(9-11-27)19-26-17-6-1-2-7-18(17)31-19/h1-7,12,14,25H,8-11,13H2. The van der Waals surface area contributed by atoms with E-state index in [1.54, 1.807) is 4.90 Å². The zero-order valence-electron chi connectivity index (χ0n) is 16.8. The maximum Gasteiger partial charge on any atom is 0.402 e. The highest BCUT2D eigenvalue weighted by Gasteiger charge is 2.31. The Kier molecular flexibility index (Phi) is 5.95. The number of carbonyl (C=O) groups excluding carboxylic acids is 1. The molecule has 4 rings (SSSR count). The second kappa shape index (κ2) is 8.55. The van der Waals surface area contributed by atoms with Gasteiger partial charge in [-0.05, 0) is 43.2 Å². The van der Waals surface area contributed by atoms with Gasteiger partial charge in [-0.2, -0.15) is 13.2 Å². The van der Waals surface area contributed by atoms with Crippen molar-refractivity contribution in [1.82, 2.24) is 14.6 Å². The first-order valence-electron chi connectivity index (χ1n) is 9.94. The summed E-state index contributed by atoms with van der Waals surface area (Å²) >= 11 is 0. The zero-order chi connectivity index (χ0) is 22.9. The molecule has 0 atom stereocenters. The van der Waals surface area contributed by atoms with Gasteiger partial charge < -0.3 is 9.32 Å². The number of nitrogens with one attached hydrogen (secondary N) is 1. The second-order valence-corrected chi connectivity index (χ2v) is 9.32. The highest BCUT2D eigenvalue weighted by atomic mass is 32.2. The third-order valence-corrected chi connectivity index (χ3v) is 6.69. The van der Waals surface area contributed by atoms with E-state index in [2.05, 4.69) is 4.98 Å². The smallest absolute Gasteiger partial charge is 0.402 e. The highest BCUT2D eigenvalue weighted by molar-refractivity contribution is 7.89. The van der Waals surface area contributed by atoms with Gasteiger partial charge in [-0.25, -0.2) is 18.1 Å². The lowest BCUT2D eigenvalue weighted by molar-refractivity contribution is -0.121. The van der Waals surface area contributed by atoms with E-state index in [1.165, 1.54) is 16.9 Å². The van der Waals surface area contributed by atoms with Gasteiger partial charge in [-0.15, -0.1) is 0 Å². The molecule has 1 saturated heterocycles. The number of aromatic nitrogens is 1. The highest BCUT2D eigenvalue weighted by Crippen LogP contribution is 2.30. The number of alkyl halides is 3. The minimum absolute atomic E-state index is 0.0599. The molecule has 0 aliphatic carbocycles. The third kappa shape index (κ3) is 4.94. The average Bonchev–Trinajstić information content (AvgIpc) is 3.21. The molecule has 1 amide bonds. The monoisotopic (exact) mass is 467 g/mol. The van der Waals surface area contributed by atoms with Gasteiger partial charge in [-0.3, -0.25) is 4.79 Å². The van der Waals surface area contributed by atoms with Crippen LogP contribution in [0, 0.1) is 0 Å². The maximum absolute atomic E-state index is 12.9. The Hall–Kier alpha value is -2.92. The van der Waals surface area contributed by atoms with Crippen molar-refractivity contribution in [1.29, 1.82) is 0 Å². The lowest BCUT2D eigenvalue weighted by atomic mass is 9.96. The molecule has 1 N–H and O–H groups in total. The average molecular weight is 467 g/mol. The molecule has 2 aromatic carbocycles. The van der Waals surface area contributed by atoms with Gasteiger partial charge in [0.15, 0.2) is 11.5 Å². The molecule has 7 nitrogen and oxygen atoms in total. The summed E-state index contributed by atoms with van der Waals surface area (Å²) in [5, 5.41) is 0. The summed E-state index contributed by atoms with van der Waals surface area (Å²) in [6, 6.07) is 12.5. The van der Waals surface area contributed by atoms with Crippen LogP contribution in [0.5, 0.6) is 0 Å². The summed E-state index contributed by atoms with van der Waals surface area (Å²) in [7, 11) is -4.40. The summed E-state index contributed by atoms with van der Waals surface area (Å²) in [6.07, 6.45) is -3.42. The molecule has 170 valence electrons. The lowest BCUT2D eigenvalue weighted by Crippen LogP contribution is -2.38. The first-order valence-corrected chi connectivity index (χ1v) is 11.4. The molecule has 0 bridgehead atoms. The van der Waals surface area contributed by atoms with Gasteiger partial charge in [0, 0.05) is 24.6 Å². The number of carbonyl (C=O) groups is 1. The summed E-state index contributed by atoms with van der Waals surface area (Å²) in [4.78, 5) is 18.6. The van der Waals surface area contributed by atoms with E-state index in [0.29, 0.717) is 37.4 Å². The van der Waals surface area contributed by atoms with Gasteiger partial charge in [0.25, 0.3) is 5.91 Å². The molecular formula is C21H20F3N3O4S. The molecule has 0 saturated carbocycles. The number of hydrogen-bond acceptors (Lipinski definition) is 5. The van der Waals surface area contributed by atoms with Crippen LogP contribution >= 0.6 is 0 Å². The largest absolute Gasteiger partial charge is 0.440 e. The van der Waals surface area contributed by atoms with Gasteiger partial charge in [-0.1, -0.05) is 18.2 Å². The number of halogens is 3. The molecule has 0 spiro atoms. The summed E-state index contributed by atoms with van der Waals surface area (Å²) in [6.45, 7) is -0.839. The Morgan fingerprint density at radius 1 is 1.12 bits per heavy atom. The molecule has 1 aliphatic rings. The molecule has 32 heavy (non-hydrogen) atoms. The molecule has 11 heteroatoms. The number of fused-ring (bicyclic) bond motifs is 1. The van der Waals surface area contributed by atoms with Crippen LogP contribution in [0.15, 0.2) is 57.8 Å². The van der Waals surface area contributed by atoms with Crippen molar-refractivity contribution in [2.75, 3.05) is 19.6 Å². The Balaban J connectivity index is 1.42. The van der Waals surface area contributed by atoms with Crippen LogP contribution in [0.3, 0.4) is 0 Å². The molecule has 1 fully saturated rings. The second-order valence-electron chi connectivity index (χ2n) is 7.55. The summed E-state index contributed by atoms with van der Waals surface area (Å²) < 4.78 is 68.7. The Morgan fingerprint density at radius 3 is 2.53 bits per heavy atom. The summed E-state index contributed by atoms with van der Waals surface area (Å²) in [5.41, 5.74) is 1.58. The first-order chi connectivity index (χ1) is 15.1. The molecule has 2 heterocycles. The van der Waals surface area contributed by atoms with Crippen LogP contribution in [-0.4, -0.2) is 50.0 Å². The van der Waals surface area contributed by atoms with Crippen LogP contribution in [0.4, 0.5) is 13.2 Å². The van der Waals surface area contributed by atoms with E-state index in [0.717, 1.165) is 17.6 Å². The SMILES string of the molecule is O=C(c1cccc(S(=O)(=O)NCC(F)(F)F)c1)N1CCC(c2nc3ccccc3o2)CC1. The number of nitrogens with zero attached hydrogens (tertiary/aromatic N) is 2. The van der Waals surface area contributed by atoms with Crippen molar-refractivity contribution in [3.8, 4) is 0 Å². The predicted molar refractivity (Wildman–Crippen MR) is 110 cm³/mol. The van der Waals surface area contributed by atoms with Gasteiger partial charge in [0.1, 0.15) is 12.1 Å². The predicted octanol–water partition coefficient (Wildman–Crippen LogP) is 3.69. The Bertz CT molecular complexity index is 1200. The van der Waals surface area contributed by atoms with Gasteiger partial charge >= 0.3 is 6.18 Å². The fraction of sp³-hybridized carbons (Fsp3) is 0.333. The Labute approximate surface area is 182 Å². The zero-order valence-corrected chi connectivity index (χ0v) is 17.6. The van der Waals surface area contributed by atoms with Crippen molar-refractivity contribution in [3.05, 3.63) is 60.0 Å². The van der Waals surface area contributed by atoms with E-state index in [-0.39, 0.29) is 17.4 Å². The minimum atomic E-state index is -4.68. The molecule has 0 radical (unpaired) electrons. The molecule has 1 aromatic heterocycles. The van der Waals surface area contributed by atoms with E-state index in [9.17, 15) is 26.4 Å². The first kappa shape index (κ1) is 22.3. The van der Waals surface area contributed by atoms with Crippen molar-refractivity contribution in [2.45, 2.75) is 29.8 Å². The third-order valence-electron chi connectivity index (χ3n) is 5.30. The van der Waals surface area contributed by atoms with Gasteiger partial charge in [0.2, 0.25) is 10.0 Å². The van der Waals surface area contributed by atoms with Crippen LogP contribution in [0.2, 0.25) is 0 Å². The van der Waals surface area contributed by atoms with Crippen LogP contribution in [-0.2, 0) is 10.0 Å². The van der Waals surface area contributed by atoms with E-state index >= 15 is 0 Å². The van der Waals surface area contributed by atoms with Crippen LogP contribution in [0.1, 0.15) is 35.0 Å². The van der Waals surface area contributed by atoms with E-state index in [4.69, 9.17) is 4.42 Å². The number of sulfonamides is 1. The molecular weight excluding hydrogens is 447 g/mol. The van der Waals surface area contributed by atoms with Crippen molar-refractivity contribution in [2.24, 2.45) is 0 Å². The fourth-order valence-electron chi connectivity index (χ4n) is 3.63. The number of rotatable bonds is 5. The number of benzene rings is 2. The lowest BCUT2D eigenvalue weighted by Gasteiger charge is -2.30. The van der Waals surface area contributed by atoms with E-state index in [1.807, 2.05) is 24.3 Å². The molecule has 3 aromatic rings. The van der Waals surface area contributed by atoms with Gasteiger partial charge in [0.05, 0.1) is 4.90 Å². The molecule has 0 unspecified atom stereocenters. The number of amides is 1. The number of oxazole rings is 1. The number of hydrogen-bond donors (Lipinski definition) is 1.